The van der Waals surface area contributed by atoms with Crippen LogP contribution in [0.25, 0.3) is 5.57 Å². The molecular formula is C22H33NO4. The quantitative estimate of drug-likeness (QED) is 0.496. The lowest BCUT2D eigenvalue weighted by molar-refractivity contribution is 0.0523. The number of aliphatic hydroxyl groups excluding tert-OH is 1. The maximum Gasteiger partial charge on any atom is 0.407 e. The van der Waals surface area contributed by atoms with Crippen molar-refractivity contribution in [3.05, 3.63) is 52.8 Å². The van der Waals surface area contributed by atoms with Crippen molar-refractivity contribution in [2.75, 3.05) is 6.61 Å². The summed E-state index contributed by atoms with van der Waals surface area (Å²) in [6, 6.07) is 7.70. The highest BCUT2D eigenvalue weighted by atomic mass is 16.6. The zero-order chi connectivity index (χ0) is 20.6. The van der Waals surface area contributed by atoms with E-state index in [9.17, 15) is 9.90 Å². The Balaban J connectivity index is 2.96. The van der Waals surface area contributed by atoms with Crippen LogP contribution in [-0.2, 0) is 16.0 Å². The number of alkyl carbamates (subject to hydrolysis) is 1. The second-order valence-corrected chi connectivity index (χ2v) is 7.54. The lowest BCUT2D eigenvalue weighted by Gasteiger charge is -2.19. The number of amides is 1. The Morgan fingerprint density at radius 2 is 1.96 bits per heavy atom. The summed E-state index contributed by atoms with van der Waals surface area (Å²) in [5.74, 6) is 0.232. The third-order valence-corrected chi connectivity index (χ3v) is 3.89. The molecule has 1 atom stereocenters. The summed E-state index contributed by atoms with van der Waals surface area (Å²) in [6.45, 7) is 14.0. The number of rotatable bonds is 7. The van der Waals surface area contributed by atoms with E-state index in [0.717, 1.165) is 22.3 Å². The first-order valence-electron chi connectivity index (χ1n) is 9.29. The molecule has 1 rings (SSSR count). The largest absolute Gasteiger partial charge is 0.512 e. The molecule has 0 aliphatic heterocycles. The predicted molar refractivity (Wildman–Crippen MR) is 110 cm³/mol. The molecule has 1 aromatic rings. The van der Waals surface area contributed by atoms with Crippen LogP contribution in [0.1, 0.15) is 59.6 Å². The number of ether oxygens (including phenoxy) is 2. The lowest BCUT2D eigenvalue weighted by atomic mass is 9.99. The number of hydrogen-bond donors (Lipinski definition) is 2. The van der Waals surface area contributed by atoms with E-state index in [2.05, 4.69) is 5.32 Å². The van der Waals surface area contributed by atoms with Crippen molar-refractivity contribution in [3.8, 4) is 0 Å². The minimum absolute atomic E-state index is 0.0265. The highest BCUT2D eigenvalue weighted by Gasteiger charge is 2.16. The van der Waals surface area contributed by atoms with E-state index in [1.54, 1.807) is 6.92 Å². The molecule has 0 saturated heterocycles. The molecule has 0 bridgehead atoms. The minimum atomic E-state index is -0.532. The van der Waals surface area contributed by atoms with Gasteiger partial charge in [0.15, 0.2) is 0 Å². The first kappa shape index (κ1) is 22.8. The summed E-state index contributed by atoms with van der Waals surface area (Å²) in [6.07, 6.45) is 1.46. The fraction of sp³-hybridized carbons (Fsp3) is 0.500. The van der Waals surface area contributed by atoms with Gasteiger partial charge >= 0.3 is 6.09 Å². The number of nitrogens with one attached hydrogen (secondary N) is 1. The van der Waals surface area contributed by atoms with Crippen molar-refractivity contribution in [1.29, 1.82) is 0 Å². The Kier molecular flexibility index (Phi) is 8.57. The van der Waals surface area contributed by atoms with Gasteiger partial charge in [-0.05, 0) is 77.3 Å². The average molecular weight is 376 g/mol. The molecule has 0 aromatic heterocycles. The molecule has 5 heteroatoms. The van der Waals surface area contributed by atoms with E-state index >= 15 is 0 Å². The van der Waals surface area contributed by atoms with Gasteiger partial charge in [-0.25, -0.2) is 4.79 Å². The van der Waals surface area contributed by atoms with Crippen LogP contribution in [-0.4, -0.2) is 29.5 Å². The summed E-state index contributed by atoms with van der Waals surface area (Å²) in [5.41, 5.74) is 3.02. The fourth-order valence-corrected chi connectivity index (χ4v) is 2.46. The Bertz CT molecular complexity index is 695. The molecule has 0 aliphatic rings. The molecule has 150 valence electrons. The van der Waals surface area contributed by atoms with Crippen LogP contribution in [0.5, 0.6) is 0 Å². The van der Waals surface area contributed by atoms with Crippen molar-refractivity contribution < 1.29 is 19.4 Å². The first-order valence-corrected chi connectivity index (χ1v) is 9.29. The van der Waals surface area contributed by atoms with Crippen molar-refractivity contribution in [3.63, 3.8) is 0 Å². The molecule has 0 radical (unpaired) electrons. The van der Waals surface area contributed by atoms with Crippen molar-refractivity contribution in [1.82, 2.24) is 5.32 Å². The minimum Gasteiger partial charge on any atom is -0.512 e. The van der Waals surface area contributed by atoms with Gasteiger partial charge in [-0.15, -0.1) is 0 Å². The molecular weight excluding hydrogens is 342 g/mol. The molecule has 0 saturated carbocycles. The van der Waals surface area contributed by atoms with Gasteiger partial charge in [0.05, 0.1) is 11.9 Å². The molecule has 0 spiro atoms. The van der Waals surface area contributed by atoms with Crippen molar-refractivity contribution in [2.24, 2.45) is 0 Å². The number of benzene rings is 1. The van der Waals surface area contributed by atoms with Gasteiger partial charge in [0.25, 0.3) is 0 Å². The van der Waals surface area contributed by atoms with Gasteiger partial charge in [0.2, 0.25) is 0 Å². The van der Waals surface area contributed by atoms with E-state index in [1.165, 1.54) is 0 Å². The Labute approximate surface area is 163 Å². The van der Waals surface area contributed by atoms with Crippen LogP contribution < -0.4 is 5.32 Å². The summed E-state index contributed by atoms with van der Waals surface area (Å²) in [4.78, 5) is 11.8. The van der Waals surface area contributed by atoms with Crippen LogP contribution in [0.4, 0.5) is 4.79 Å². The molecule has 1 unspecified atom stereocenters. The van der Waals surface area contributed by atoms with Gasteiger partial charge in [-0.1, -0.05) is 18.2 Å². The molecule has 1 aromatic carbocycles. The Hall–Kier alpha value is -2.27. The normalized spacial score (nSPS) is 14.4. The van der Waals surface area contributed by atoms with Crippen LogP contribution in [0.15, 0.2) is 41.7 Å². The number of aliphatic hydroxyl groups is 1. The number of allylic oxidation sites excluding steroid dienone is 3. The van der Waals surface area contributed by atoms with E-state index in [-0.39, 0.29) is 11.9 Å². The summed E-state index contributed by atoms with van der Waals surface area (Å²) in [5, 5.41) is 12.9. The zero-order valence-corrected chi connectivity index (χ0v) is 17.6. The van der Waals surface area contributed by atoms with Gasteiger partial charge in [0, 0.05) is 18.7 Å². The second-order valence-electron chi connectivity index (χ2n) is 7.54. The van der Waals surface area contributed by atoms with E-state index in [0.29, 0.717) is 13.2 Å². The average Bonchev–Trinajstić information content (AvgIpc) is 2.56. The Morgan fingerprint density at radius 3 is 2.52 bits per heavy atom. The molecule has 0 aliphatic carbocycles. The molecule has 2 N–H and O–H groups in total. The van der Waals surface area contributed by atoms with Crippen LogP contribution >= 0.6 is 0 Å². The van der Waals surface area contributed by atoms with Crippen LogP contribution in [0, 0.1) is 0 Å². The maximum absolute atomic E-state index is 11.8. The van der Waals surface area contributed by atoms with Gasteiger partial charge < -0.3 is 19.9 Å². The molecule has 0 heterocycles. The third kappa shape index (κ3) is 8.31. The standard InChI is InChI=1S/C22H33NO4/c1-8-26-17(4)15(2)12-20(16(3)24)19-11-9-10-18(13-19)14-23-21(25)27-22(5,6)7/h9-13,17,24H,8,14H2,1-7H3,(H,23,25)/b15-12+,20-16-. The second kappa shape index (κ2) is 10.2. The third-order valence-electron chi connectivity index (χ3n) is 3.89. The number of carbonyl (C=O) groups is 1. The molecule has 5 nitrogen and oxygen atoms in total. The summed E-state index contributed by atoms with van der Waals surface area (Å²) < 4.78 is 10.9. The van der Waals surface area contributed by atoms with E-state index in [1.807, 2.05) is 71.9 Å². The predicted octanol–water partition coefficient (Wildman–Crippen LogP) is 5.37. The first-order chi connectivity index (χ1) is 12.5. The molecule has 1 amide bonds. The molecule has 0 fully saturated rings. The fourth-order valence-electron chi connectivity index (χ4n) is 2.46. The van der Waals surface area contributed by atoms with Gasteiger partial charge in [-0.2, -0.15) is 0 Å². The maximum atomic E-state index is 11.8. The SMILES string of the molecule is CCOC(C)/C(C)=C/C(=C(\C)O)c1cccc(CNC(=O)OC(C)(C)C)c1. The summed E-state index contributed by atoms with van der Waals surface area (Å²) >= 11 is 0. The lowest BCUT2D eigenvalue weighted by Crippen LogP contribution is -2.32. The van der Waals surface area contributed by atoms with Gasteiger partial charge in [-0.3, -0.25) is 0 Å². The van der Waals surface area contributed by atoms with Crippen molar-refractivity contribution >= 4 is 11.7 Å². The Morgan fingerprint density at radius 1 is 1.30 bits per heavy atom. The topological polar surface area (TPSA) is 67.8 Å². The van der Waals surface area contributed by atoms with Crippen LogP contribution in [0.3, 0.4) is 0 Å². The monoisotopic (exact) mass is 375 g/mol. The number of carbonyl (C=O) groups excluding carboxylic acids is 1. The van der Waals surface area contributed by atoms with Crippen molar-refractivity contribution in [2.45, 2.75) is 66.7 Å². The van der Waals surface area contributed by atoms with Crippen LogP contribution in [0.2, 0.25) is 0 Å². The molecule has 27 heavy (non-hydrogen) atoms. The van der Waals surface area contributed by atoms with E-state index in [4.69, 9.17) is 9.47 Å². The zero-order valence-electron chi connectivity index (χ0n) is 17.6. The van der Waals surface area contributed by atoms with E-state index < -0.39 is 11.7 Å². The highest BCUT2D eigenvalue weighted by Crippen LogP contribution is 2.23. The highest BCUT2D eigenvalue weighted by molar-refractivity contribution is 5.76. The summed E-state index contributed by atoms with van der Waals surface area (Å²) in [7, 11) is 0. The van der Waals surface area contributed by atoms with Gasteiger partial charge in [0.1, 0.15) is 5.60 Å². The smallest absolute Gasteiger partial charge is 0.407 e. The number of hydrogen-bond acceptors (Lipinski definition) is 4.